The Hall–Kier alpha value is -2.83. The first kappa shape index (κ1) is 15.1. The molecule has 0 bridgehead atoms. The van der Waals surface area contributed by atoms with Gasteiger partial charge in [-0.25, -0.2) is 0 Å². The third kappa shape index (κ3) is 3.50. The lowest BCUT2D eigenvalue weighted by atomic mass is 10.0. The number of benzene rings is 1. The third-order valence-corrected chi connectivity index (χ3v) is 3.65. The van der Waals surface area contributed by atoms with Crippen LogP contribution in [-0.2, 0) is 16.0 Å². The van der Waals surface area contributed by atoms with Crippen molar-refractivity contribution in [1.82, 2.24) is 5.16 Å². The Morgan fingerprint density at radius 2 is 2.17 bits per heavy atom. The number of carbonyl (C=O) groups excluding carboxylic acids is 2. The van der Waals surface area contributed by atoms with Crippen LogP contribution in [-0.4, -0.2) is 23.0 Å². The summed E-state index contributed by atoms with van der Waals surface area (Å²) in [6.07, 6.45) is 1.19. The molecule has 1 aliphatic rings. The lowest BCUT2D eigenvalue weighted by Crippen LogP contribution is -2.31. The second-order valence-electron chi connectivity index (χ2n) is 5.61. The molecule has 0 saturated heterocycles. The molecule has 1 aromatic carbocycles. The zero-order valence-electron chi connectivity index (χ0n) is 13.0. The van der Waals surface area contributed by atoms with Gasteiger partial charge in [0.2, 0.25) is 17.7 Å². The summed E-state index contributed by atoms with van der Waals surface area (Å²) in [5.74, 6) is 0.148. The Bertz CT molecular complexity index is 754. The quantitative estimate of drug-likeness (QED) is 0.804. The van der Waals surface area contributed by atoms with Gasteiger partial charge in [0.25, 0.3) is 0 Å². The number of aryl methyl sites for hydroxylation is 2. The van der Waals surface area contributed by atoms with E-state index in [1.54, 1.807) is 19.9 Å². The summed E-state index contributed by atoms with van der Waals surface area (Å²) in [5.41, 5.74) is 3.43. The van der Waals surface area contributed by atoms with Crippen LogP contribution in [0.2, 0.25) is 0 Å². The van der Waals surface area contributed by atoms with Crippen LogP contribution in [0.5, 0.6) is 0 Å². The zero-order valence-corrected chi connectivity index (χ0v) is 13.0. The minimum atomic E-state index is -0.448. The Balaban J connectivity index is 1.64. The first-order valence-electron chi connectivity index (χ1n) is 7.45. The summed E-state index contributed by atoms with van der Waals surface area (Å²) in [6, 6.07) is 6.85. The van der Waals surface area contributed by atoms with Crippen molar-refractivity contribution in [2.75, 3.05) is 16.0 Å². The summed E-state index contributed by atoms with van der Waals surface area (Å²) < 4.78 is 4.97. The van der Waals surface area contributed by atoms with E-state index in [1.807, 2.05) is 18.2 Å². The van der Waals surface area contributed by atoms with Crippen LogP contribution in [0.15, 0.2) is 28.8 Å². The molecule has 7 nitrogen and oxygen atoms in total. The second-order valence-corrected chi connectivity index (χ2v) is 5.61. The van der Waals surface area contributed by atoms with E-state index in [9.17, 15) is 9.59 Å². The van der Waals surface area contributed by atoms with E-state index in [4.69, 9.17) is 4.52 Å². The molecule has 3 N–H and O–H groups in total. The average Bonchev–Trinajstić information content (AvgIpc) is 2.92. The molecule has 0 aliphatic carbocycles. The summed E-state index contributed by atoms with van der Waals surface area (Å²) in [4.78, 5) is 23.5. The van der Waals surface area contributed by atoms with E-state index in [1.165, 1.54) is 0 Å². The normalized spacial score (nSPS) is 14.6. The van der Waals surface area contributed by atoms with Crippen LogP contribution >= 0.6 is 0 Å². The molecule has 7 heteroatoms. The first-order chi connectivity index (χ1) is 11.0. The Labute approximate surface area is 133 Å². The monoisotopic (exact) mass is 314 g/mol. The summed E-state index contributed by atoms with van der Waals surface area (Å²) in [6.45, 7) is 3.55. The smallest absolute Gasteiger partial charge is 0.248 e. The fraction of sp³-hybridized carbons (Fsp3) is 0.312. The molecule has 0 spiro atoms. The van der Waals surface area contributed by atoms with Gasteiger partial charge in [-0.2, -0.15) is 0 Å². The Kier molecular flexibility index (Phi) is 4.01. The predicted octanol–water partition coefficient (Wildman–Crippen LogP) is 2.31. The van der Waals surface area contributed by atoms with Crippen molar-refractivity contribution in [1.29, 1.82) is 0 Å². The number of rotatable bonds is 4. The standard InChI is InChI=1S/C16H18N4O3/c1-9-7-15(23-20-9)19-16(22)10(2)17-12-4-5-13-11(8-12)3-6-14(21)18-13/h4-5,7-8,10,17H,3,6H2,1-2H3,(H,18,21)(H,19,22)/t10-/m0/s1. The van der Waals surface area contributed by atoms with Gasteiger partial charge in [-0.1, -0.05) is 5.16 Å². The fourth-order valence-corrected chi connectivity index (χ4v) is 2.44. The summed E-state index contributed by atoms with van der Waals surface area (Å²) in [7, 11) is 0. The van der Waals surface area contributed by atoms with Crippen molar-refractivity contribution in [3.05, 3.63) is 35.5 Å². The first-order valence-corrected chi connectivity index (χ1v) is 7.45. The van der Waals surface area contributed by atoms with E-state index >= 15 is 0 Å². The molecule has 0 saturated carbocycles. The number of aromatic nitrogens is 1. The highest BCUT2D eigenvalue weighted by molar-refractivity contribution is 5.96. The van der Waals surface area contributed by atoms with Gasteiger partial charge in [0.1, 0.15) is 6.04 Å². The van der Waals surface area contributed by atoms with Gasteiger partial charge in [0.15, 0.2) is 0 Å². The molecule has 0 fully saturated rings. The van der Waals surface area contributed by atoms with E-state index < -0.39 is 6.04 Å². The van der Waals surface area contributed by atoms with E-state index in [0.717, 1.165) is 16.9 Å². The number of anilines is 3. The highest BCUT2D eigenvalue weighted by Crippen LogP contribution is 2.26. The number of fused-ring (bicyclic) bond motifs is 1. The highest BCUT2D eigenvalue weighted by Gasteiger charge is 2.17. The molecular formula is C16H18N4O3. The minimum Gasteiger partial charge on any atom is -0.374 e. The summed E-state index contributed by atoms with van der Waals surface area (Å²) >= 11 is 0. The zero-order chi connectivity index (χ0) is 16.4. The number of hydrogen-bond donors (Lipinski definition) is 3. The molecule has 2 aromatic rings. The van der Waals surface area contributed by atoms with E-state index in [2.05, 4.69) is 21.1 Å². The second kappa shape index (κ2) is 6.12. The maximum Gasteiger partial charge on any atom is 0.248 e. The number of nitrogens with one attached hydrogen (secondary N) is 3. The van der Waals surface area contributed by atoms with Crippen molar-refractivity contribution >= 4 is 29.1 Å². The van der Waals surface area contributed by atoms with Crippen LogP contribution in [0.25, 0.3) is 0 Å². The van der Waals surface area contributed by atoms with Crippen LogP contribution in [0.1, 0.15) is 24.6 Å². The van der Waals surface area contributed by atoms with Gasteiger partial charge in [-0.05, 0) is 44.0 Å². The van der Waals surface area contributed by atoms with E-state index in [0.29, 0.717) is 24.4 Å². The van der Waals surface area contributed by atoms with E-state index in [-0.39, 0.29) is 11.8 Å². The molecule has 3 rings (SSSR count). The van der Waals surface area contributed by atoms with Gasteiger partial charge >= 0.3 is 0 Å². The molecule has 2 amide bonds. The number of hydrogen-bond acceptors (Lipinski definition) is 5. The summed E-state index contributed by atoms with van der Waals surface area (Å²) in [5, 5.41) is 12.4. The van der Waals surface area contributed by atoms with Crippen molar-refractivity contribution in [3.63, 3.8) is 0 Å². The lowest BCUT2D eigenvalue weighted by molar-refractivity contribution is -0.117. The van der Waals surface area contributed by atoms with Crippen LogP contribution in [0.4, 0.5) is 17.3 Å². The maximum atomic E-state index is 12.1. The molecule has 1 atom stereocenters. The number of nitrogens with zero attached hydrogens (tertiary/aromatic N) is 1. The van der Waals surface area contributed by atoms with Gasteiger partial charge in [-0.3, -0.25) is 14.9 Å². The van der Waals surface area contributed by atoms with Crippen molar-refractivity contribution < 1.29 is 14.1 Å². The molecule has 1 aliphatic heterocycles. The fourth-order valence-electron chi connectivity index (χ4n) is 2.44. The van der Waals surface area contributed by atoms with Gasteiger partial charge < -0.3 is 15.2 Å². The van der Waals surface area contributed by atoms with Crippen LogP contribution in [0.3, 0.4) is 0 Å². The number of amides is 2. The molecule has 2 heterocycles. The largest absolute Gasteiger partial charge is 0.374 e. The molecule has 23 heavy (non-hydrogen) atoms. The molecule has 0 unspecified atom stereocenters. The average molecular weight is 314 g/mol. The lowest BCUT2D eigenvalue weighted by Gasteiger charge is -2.19. The van der Waals surface area contributed by atoms with Crippen LogP contribution < -0.4 is 16.0 Å². The molecule has 0 radical (unpaired) electrons. The minimum absolute atomic E-state index is 0.0355. The molecule has 1 aromatic heterocycles. The molecule has 120 valence electrons. The van der Waals surface area contributed by atoms with Crippen LogP contribution in [0, 0.1) is 6.92 Å². The van der Waals surface area contributed by atoms with Gasteiger partial charge in [0.05, 0.1) is 5.69 Å². The Morgan fingerprint density at radius 3 is 2.91 bits per heavy atom. The third-order valence-electron chi connectivity index (χ3n) is 3.65. The van der Waals surface area contributed by atoms with Gasteiger partial charge in [0, 0.05) is 23.9 Å². The van der Waals surface area contributed by atoms with Crippen molar-refractivity contribution in [2.45, 2.75) is 32.7 Å². The molecular weight excluding hydrogens is 296 g/mol. The van der Waals surface area contributed by atoms with Crippen molar-refractivity contribution in [2.24, 2.45) is 0 Å². The number of carbonyl (C=O) groups is 2. The highest BCUT2D eigenvalue weighted by atomic mass is 16.5. The van der Waals surface area contributed by atoms with Crippen molar-refractivity contribution in [3.8, 4) is 0 Å². The SMILES string of the molecule is Cc1cc(NC(=O)[C@H](C)Nc2ccc3c(c2)CCC(=O)N3)on1. The van der Waals surface area contributed by atoms with Gasteiger partial charge in [-0.15, -0.1) is 0 Å². The topological polar surface area (TPSA) is 96.3 Å². The maximum absolute atomic E-state index is 12.1. The Morgan fingerprint density at radius 1 is 1.35 bits per heavy atom. The predicted molar refractivity (Wildman–Crippen MR) is 86.3 cm³/mol.